The molecule has 10 nitrogen and oxygen atoms in total. The second kappa shape index (κ2) is 13.4. The minimum absolute atomic E-state index is 0.0658. The highest BCUT2D eigenvalue weighted by molar-refractivity contribution is 5.99. The molecular formula is C25H33FN4O6. The molecule has 0 radical (unpaired) electrons. The van der Waals surface area contributed by atoms with E-state index in [0.29, 0.717) is 16.7 Å². The molecule has 0 fully saturated rings. The molecule has 196 valence electrons. The number of nitrogens with one attached hydrogen (secondary N) is 2. The fourth-order valence-electron chi connectivity index (χ4n) is 3.41. The molecule has 11 heteroatoms. The van der Waals surface area contributed by atoms with Crippen LogP contribution in [0.15, 0.2) is 30.5 Å². The summed E-state index contributed by atoms with van der Waals surface area (Å²) < 4.78 is 33.1. The first-order chi connectivity index (χ1) is 17.5. The third kappa shape index (κ3) is 7.62. The average Bonchev–Trinajstić information content (AvgIpc) is 3.22. The smallest absolute Gasteiger partial charge is 0.328 e. The van der Waals surface area contributed by atoms with Crippen LogP contribution in [0, 0.1) is 18.7 Å². The third-order valence-electron chi connectivity index (χ3n) is 5.30. The SMILES string of the molecule is [2H]N(C(=O)c1cnn(-c2ccc(F)cc2)c1C)[C@H](C(=O)N[C@@H](CCC(=O)OCC)C(=O)OCC)C(C)C. The van der Waals surface area contributed by atoms with Gasteiger partial charge in [0.2, 0.25) is 5.91 Å². The van der Waals surface area contributed by atoms with Crippen molar-refractivity contribution in [1.29, 1.82) is 0 Å². The highest BCUT2D eigenvalue weighted by atomic mass is 19.1. The Morgan fingerprint density at radius 1 is 1.11 bits per heavy atom. The standard InChI is InChI=1S/C25H33FN4O6/c1-6-35-21(31)13-12-20(25(34)36-7-2)28-24(33)22(15(3)4)29-23(32)19-14-27-30(16(19)5)18-10-8-17(26)9-11-18/h8-11,14-15,20,22H,6-7,12-13H2,1-5H3,(H,28,33)(H,29,32)/t20-,22-/m0/s1/i/hD. The Morgan fingerprint density at radius 2 is 1.75 bits per heavy atom. The number of halogens is 1. The molecule has 0 saturated heterocycles. The topological polar surface area (TPSA) is 129 Å². The van der Waals surface area contributed by atoms with Gasteiger partial charge in [0.15, 0.2) is 1.41 Å². The lowest BCUT2D eigenvalue weighted by molar-refractivity contribution is -0.149. The van der Waals surface area contributed by atoms with Crippen molar-refractivity contribution in [3.63, 3.8) is 0 Å². The molecule has 0 unspecified atom stereocenters. The van der Waals surface area contributed by atoms with Gasteiger partial charge in [0.25, 0.3) is 5.91 Å². The van der Waals surface area contributed by atoms with Gasteiger partial charge in [0, 0.05) is 6.42 Å². The van der Waals surface area contributed by atoms with Crippen LogP contribution in [-0.2, 0) is 23.9 Å². The first kappa shape index (κ1) is 26.8. The largest absolute Gasteiger partial charge is 0.466 e. The van der Waals surface area contributed by atoms with E-state index in [9.17, 15) is 23.6 Å². The molecule has 2 aromatic rings. The molecule has 0 bridgehead atoms. The average molecular weight is 506 g/mol. The number of amides is 2. The zero-order valence-corrected chi connectivity index (χ0v) is 21.1. The monoisotopic (exact) mass is 505 g/mol. The minimum atomic E-state index is -1.26. The molecular weight excluding hydrogens is 471 g/mol. The van der Waals surface area contributed by atoms with Crippen LogP contribution < -0.4 is 10.6 Å². The molecule has 1 aromatic carbocycles. The first-order valence-electron chi connectivity index (χ1n) is 12.2. The highest BCUT2D eigenvalue weighted by Gasteiger charge is 2.31. The maximum absolute atomic E-state index is 13.3. The van der Waals surface area contributed by atoms with Crippen molar-refractivity contribution in [2.75, 3.05) is 13.2 Å². The number of carbonyl (C=O) groups excluding carboxylic acids is 4. The van der Waals surface area contributed by atoms with E-state index in [1.165, 1.54) is 35.1 Å². The van der Waals surface area contributed by atoms with Crippen LogP contribution in [0.25, 0.3) is 5.69 Å². The molecule has 0 spiro atoms. The number of hydrogen-bond acceptors (Lipinski definition) is 7. The van der Waals surface area contributed by atoms with Crippen molar-refractivity contribution >= 4 is 23.8 Å². The molecule has 36 heavy (non-hydrogen) atoms. The number of benzene rings is 1. The third-order valence-corrected chi connectivity index (χ3v) is 5.30. The molecule has 2 N–H and O–H groups in total. The Morgan fingerprint density at radius 3 is 2.33 bits per heavy atom. The summed E-state index contributed by atoms with van der Waals surface area (Å²) in [5.41, 5.74) is 1.00. The van der Waals surface area contributed by atoms with Gasteiger partial charge in [-0.15, -0.1) is 0 Å². The maximum atomic E-state index is 13.3. The van der Waals surface area contributed by atoms with Gasteiger partial charge >= 0.3 is 11.9 Å². The molecule has 1 heterocycles. The number of ether oxygens (including phenoxy) is 2. The quantitative estimate of drug-likeness (QED) is 0.424. The van der Waals surface area contributed by atoms with Gasteiger partial charge < -0.3 is 20.1 Å². The second-order valence-electron chi connectivity index (χ2n) is 8.31. The summed E-state index contributed by atoms with van der Waals surface area (Å²) in [6.07, 6.45) is 1.08. The number of rotatable bonds is 12. The van der Waals surface area contributed by atoms with Crippen LogP contribution in [0.3, 0.4) is 0 Å². The van der Waals surface area contributed by atoms with Crippen LogP contribution in [0.4, 0.5) is 4.39 Å². The second-order valence-corrected chi connectivity index (χ2v) is 8.31. The lowest BCUT2D eigenvalue weighted by Crippen LogP contribution is -2.54. The molecule has 0 aliphatic carbocycles. The van der Waals surface area contributed by atoms with E-state index in [4.69, 9.17) is 10.9 Å². The van der Waals surface area contributed by atoms with Crippen LogP contribution in [0.1, 0.15) is 56.6 Å². The Balaban J connectivity index is 2.23. The van der Waals surface area contributed by atoms with Crippen LogP contribution in [0.5, 0.6) is 0 Å². The van der Waals surface area contributed by atoms with Gasteiger partial charge in [-0.1, -0.05) is 13.8 Å². The molecule has 0 aliphatic rings. The summed E-state index contributed by atoms with van der Waals surface area (Å²) in [6.45, 7) is 8.44. The van der Waals surface area contributed by atoms with E-state index in [-0.39, 0.29) is 31.6 Å². The van der Waals surface area contributed by atoms with Crippen molar-refractivity contribution in [1.82, 2.24) is 20.4 Å². The van der Waals surface area contributed by atoms with Crippen molar-refractivity contribution in [3.05, 3.63) is 47.5 Å². The lowest BCUT2D eigenvalue weighted by Gasteiger charge is -2.24. The zero-order chi connectivity index (χ0) is 27.7. The summed E-state index contributed by atoms with van der Waals surface area (Å²) in [7, 11) is 0. The highest BCUT2D eigenvalue weighted by Crippen LogP contribution is 2.16. The first-order valence-corrected chi connectivity index (χ1v) is 11.8. The Bertz CT molecular complexity index is 1110. The molecule has 1 aromatic heterocycles. The van der Waals surface area contributed by atoms with Gasteiger partial charge in [0.05, 0.1) is 36.4 Å². The fourth-order valence-corrected chi connectivity index (χ4v) is 3.41. The van der Waals surface area contributed by atoms with Crippen molar-refractivity contribution < 1.29 is 34.5 Å². The Labute approximate surface area is 211 Å². The van der Waals surface area contributed by atoms with Gasteiger partial charge in [-0.25, -0.2) is 13.9 Å². The van der Waals surface area contributed by atoms with Gasteiger partial charge in [0.1, 0.15) is 17.9 Å². The lowest BCUT2D eigenvalue weighted by atomic mass is 10.0. The summed E-state index contributed by atoms with van der Waals surface area (Å²) in [5.74, 6) is -3.71. The number of esters is 2. The predicted molar refractivity (Wildman–Crippen MR) is 129 cm³/mol. The number of hydrogen-bond donors (Lipinski definition) is 2. The van der Waals surface area contributed by atoms with E-state index in [0.717, 1.165) is 0 Å². The number of carbonyl (C=O) groups is 4. The molecule has 2 atom stereocenters. The number of aromatic nitrogens is 2. The Kier molecular flexibility index (Phi) is 9.96. The van der Waals surface area contributed by atoms with Crippen LogP contribution >= 0.6 is 0 Å². The molecule has 2 amide bonds. The molecule has 0 saturated carbocycles. The summed E-state index contributed by atoms with van der Waals surface area (Å²) >= 11 is 0. The van der Waals surface area contributed by atoms with Crippen molar-refractivity contribution in [2.45, 2.75) is 59.5 Å². The fraction of sp³-hybridized carbons (Fsp3) is 0.480. The zero-order valence-electron chi connectivity index (χ0n) is 22.1. The normalized spacial score (nSPS) is 12.9. The minimum Gasteiger partial charge on any atom is -0.466 e. The van der Waals surface area contributed by atoms with E-state index in [2.05, 4.69) is 10.4 Å². The van der Waals surface area contributed by atoms with Crippen LogP contribution in [-0.4, -0.2) is 58.8 Å². The van der Waals surface area contributed by atoms with E-state index in [1.807, 2.05) is 0 Å². The maximum Gasteiger partial charge on any atom is 0.328 e. The van der Waals surface area contributed by atoms with Crippen LogP contribution in [0.2, 0.25) is 1.41 Å². The number of nitrogens with zero attached hydrogens (tertiary/aromatic N) is 2. The van der Waals surface area contributed by atoms with E-state index >= 15 is 0 Å². The summed E-state index contributed by atoms with van der Waals surface area (Å²) in [6, 6.07) is 3.09. The van der Waals surface area contributed by atoms with Gasteiger partial charge in [-0.3, -0.25) is 14.4 Å². The molecule has 2 rings (SSSR count). The van der Waals surface area contributed by atoms with Gasteiger partial charge in [-0.2, -0.15) is 5.10 Å². The predicted octanol–water partition coefficient (Wildman–Crippen LogP) is 2.47. The Hall–Kier alpha value is -3.76. The van der Waals surface area contributed by atoms with Gasteiger partial charge in [-0.05, 0) is 57.4 Å². The molecule has 0 aliphatic heterocycles. The van der Waals surface area contributed by atoms with E-state index in [1.54, 1.807) is 34.6 Å². The van der Waals surface area contributed by atoms with E-state index < -0.39 is 47.6 Å². The summed E-state index contributed by atoms with van der Waals surface area (Å²) in [4.78, 5) is 50.6. The van der Waals surface area contributed by atoms with Crippen molar-refractivity contribution in [3.8, 4) is 5.69 Å². The van der Waals surface area contributed by atoms with Crippen molar-refractivity contribution in [2.24, 2.45) is 5.92 Å². The summed E-state index contributed by atoms with van der Waals surface area (Å²) in [5, 5.41) is 7.25.